The summed E-state index contributed by atoms with van der Waals surface area (Å²) in [6.45, 7) is 2.12. The van der Waals surface area contributed by atoms with Crippen LogP contribution in [-0.2, 0) is 0 Å². The van der Waals surface area contributed by atoms with Gasteiger partial charge in [0.25, 0.3) is 0 Å². The third kappa shape index (κ3) is 3.24. The van der Waals surface area contributed by atoms with E-state index in [0.717, 1.165) is 16.1 Å². The van der Waals surface area contributed by atoms with E-state index in [4.69, 9.17) is 4.74 Å². The van der Waals surface area contributed by atoms with Crippen molar-refractivity contribution in [3.05, 3.63) is 58.1 Å². The SMILES string of the molecule is COc1ccc(C(Nc2cccc(C)c2Br)C2CC2)cc1. The molecule has 21 heavy (non-hydrogen) atoms. The Morgan fingerprint density at radius 1 is 1.14 bits per heavy atom. The summed E-state index contributed by atoms with van der Waals surface area (Å²) in [5.41, 5.74) is 3.75. The van der Waals surface area contributed by atoms with Crippen molar-refractivity contribution in [2.45, 2.75) is 25.8 Å². The predicted octanol–water partition coefficient (Wildman–Crippen LogP) is 5.33. The van der Waals surface area contributed by atoms with Gasteiger partial charge >= 0.3 is 0 Å². The number of methoxy groups -OCH3 is 1. The second kappa shape index (κ2) is 6.10. The maximum absolute atomic E-state index is 5.25. The lowest BCUT2D eigenvalue weighted by molar-refractivity contribution is 0.414. The first kappa shape index (κ1) is 14.5. The molecule has 0 saturated heterocycles. The molecule has 110 valence electrons. The van der Waals surface area contributed by atoms with Crippen LogP contribution in [0.5, 0.6) is 5.75 Å². The van der Waals surface area contributed by atoms with E-state index in [0.29, 0.717) is 6.04 Å². The number of nitrogens with one attached hydrogen (secondary N) is 1. The highest BCUT2D eigenvalue weighted by Crippen LogP contribution is 2.44. The highest BCUT2D eigenvalue weighted by Gasteiger charge is 2.32. The summed E-state index contributed by atoms with van der Waals surface area (Å²) in [6, 6.07) is 15.1. The molecule has 0 spiro atoms. The lowest BCUT2D eigenvalue weighted by Gasteiger charge is -2.22. The molecule has 1 aliphatic carbocycles. The molecule has 2 aromatic rings. The Kier molecular flexibility index (Phi) is 4.20. The third-order valence-electron chi connectivity index (χ3n) is 4.07. The van der Waals surface area contributed by atoms with Crippen molar-refractivity contribution in [3.8, 4) is 5.75 Å². The van der Waals surface area contributed by atoms with Gasteiger partial charge in [0.2, 0.25) is 0 Å². The topological polar surface area (TPSA) is 21.3 Å². The molecule has 3 rings (SSSR count). The number of benzene rings is 2. The molecule has 0 radical (unpaired) electrons. The van der Waals surface area contributed by atoms with E-state index < -0.39 is 0 Å². The largest absolute Gasteiger partial charge is 0.497 e. The van der Waals surface area contributed by atoms with Crippen molar-refractivity contribution in [3.63, 3.8) is 0 Å². The lowest BCUT2D eigenvalue weighted by Crippen LogP contribution is -2.13. The normalized spacial score (nSPS) is 15.6. The Bertz CT molecular complexity index is 620. The molecule has 1 atom stereocenters. The summed E-state index contributed by atoms with van der Waals surface area (Å²) >= 11 is 3.69. The summed E-state index contributed by atoms with van der Waals surface area (Å²) in [5, 5.41) is 3.72. The van der Waals surface area contributed by atoms with Crippen LogP contribution in [0.4, 0.5) is 5.69 Å². The van der Waals surface area contributed by atoms with Crippen LogP contribution in [0.15, 0.2) is 46.9 Å². The van der Waals surface area contributed by atoms with E-state index in [9.17, 15) is 0 Å². The quantitative estimate of drug-likeness (QED) is 0.790. The average molecular weight is 346 g/mol. The number of hydrogen-bond acceptors (Lipinski definition) is 2. The Morgan fingerprint density at radius 3 is 2.48 bits per heavy atom. The van der Waals surface area contributed by atoms with E-state index in [2.05, 4.69) is 58.5 Å². The van der Waals surface area contributed by atoms with Gasteiger partial charge in [0.1, 0.15) is 5.75 Å². The van der Waals surface area contributed by atoms with Crippen LogP contribution in [0, 0.1) is 12.8 Å². The maximum atomic E-state index is 5.25. The van der Waals surface area contributed by atoms with Gasteiger partial charge in [-0.25, -0.2) is 0 Å². The van der Waals surface area contributed by atoms with Crippen LogP contribution in [0.25, 0.3) is 0 Å². The van der Waals surface area contributed by atoms with Gasteiger partial charge in [-0.1, -0.05) is 24.3 Å². The number of aryl methyl sites for hydroxylation is 1. The minimum atomic E-state index is 0.369. The summed E-state index contributed by atoms with van der Waals surface area (Å²) < 4.78 is 6.41. The van der Waals surface area contributed by atoms with Crippen LogP contribution in [-0.4, -0.2) is 7.11 Å². The standard InChI is InChI=1S/C18H20BrNO/c1-12-4-3-5-16(17(12)19)20-18(13-6-7-13)14-8-10-15(21-2)11-9-14/h3-5,8-11,13,18,20H,6-7H2,1-2H3. The molecule has 0 heterocycles. The van der Waals surface area contributed by atoms with Crippen LogP contribution in [0.3, 0.4) is 0 Å². The summed E-state index contributed by atoms with van der Waals surface area (Å²) in [5.74, 6) is 1.64. The molecule has 0 amide bonds. The van der Waals surface area contributed by atoms with Gasteiger partial charge < -0.3 is 10.1 Å². The molecule has 3 heteroatoms. The molecule has 2 aromatic carbocycles. The van der Waals surface area contributed by atoms with Gasteiger partial charge in [0, 0.05) is 10.2 Å². The van der Waals surface area contributed by atoms with Crippen LogP contribution < -0.4 is 10.1 Å². The van der Waals surface area contributed by atoms with Crippen LogP contribution >= 0.6 is 15.9 Å². The van der Waals surface area contributed by atoms with E-state index in [1.807, 2.05) is 12.1 Å². The molecule has 0 aromatic heterocycles. The molecule has 0 bridgehead atoms. The maximum Gasteiger partial charge on any atom is 0.118 e. The first-order valence-corrected chi connectivity index (χ1v) is 8.14. The zero-order valence-electron chi connectivity index (χ0n) is 12.4. The lowest BCUT2D eigenvalue weighted by atomic mass is 10.0. The smallest absolute Gasteiger partial charge is 0.118 e. The Hall–Kier alpha value is -1.48. The van der Waals surface area contributed by atoms with E-state index in [1.165, 1.54) is 29.7 Å². The zero-order valence-corrected chi connectivity index (χ0v) is 14.0. The van der Waals surface area contributed by atoms with Gasteiger partial charge in [0.05, 0.1) is 13.2 Å². The van der Waals surface area contributed by atoms with Crippen LogP contribution in [0.2, 0.25) is 0 Å². The van der Waals surface area contributed by atoms with Gasteiger partial charge in [0.15, 0.2) is 0 Å². The van der Waals surface area contributed by atoms with Crippen molar-refractivity contribution in [1.29, 1.82) is 0 Å². The number of rotatable bonds is 5. The van der Waals surface area contributed by atoms with E-state index in [-0.39, 0.29) is 0 Å². The molecule has 1 aliphatic rings. The van der Waals surface area contributed by atoms with Gasteiger partial charge in [-0.05, 0) is 70.9 Å². The second-order valence-corrected chi connectivity index (χ2v) is 6.46. The van der Waals surface area contributed by atoms with E-state index >= 15 is 0 Å². The molecule has 1 unspecified atom stereocenters. The molecule has 0 aliphatic heterocycles. The van der Waals surface area contributed by atoms with Gasteiger partial charge in [-0.2, -0.15) is 0 Å². The highest BCUT2D eigenvalue weighted by atomic mass is 79.9. The summed E-state index contributed by atoms with van der Waals surface area (Å²) in [6.07, 6.45) is 2.60. The van der Waals surface area contributed by atoms with Crippen molar-refractivity contribution in [1.82, 2.24) is 0 Å². The molecule has 1 saturated carbocycles. The first-order valence-electron chi connectivity index (χ1n) is 7.34. The zero-order chi connectivity index (χ0) is 14.8. The number of anilines is 1. The van der Waals surface area contributed by atoms with Gasteiger partial charge in [-0.3, -0.25) is 0 Å². The van der Waals surface area contributed by atoms with Crippen molar-refractivity contribution in [2.75, 3.05) is 12.4 Å². The Morgan fingerprint density at radius 2 is 1.86 bits per heavy atom. The molecule has 1 fully saturated rings. The fraction of sp³-hybridized carbons (Fsp3) is 0.333. The molecular weight excluding hydrogens is 326 g/mol. The molecule has 1 N–H and O–H groups in total. The van der Waals surface area contributed by atoms with Crippen molar-refractivity contribution < 1.29 is 4.74 Å². The number of hydrogen-bond donors (Lipinski definition) is 1. The Balaban J connectivity index is 1.86. The monoisotopic (exact) mass is 345 g/mol. The first-order chi connectivity index (χ1) is 10.2. The van der Waals surface area contributed by atoms with Crippen molar-refractivity contribution >= 4 is 21.6 Å². The fourth-order valence-electron chi connectivity index (χ4n) is 2.64. The predicted molar refractivity (Wildman–Crippen MR) is 91.0 cm³/mol. The number of halogens is 1. The Labute approximate surface area is 134 Å². The minimum Gasteiger partial charge on any atom is -0.497 e. The summed E-state index contributed by atoms with van der Waals surface area (Å²) in [7, 11) is 1.70. The number of ether oxygens (including phenoxy) is 1. The minimum absolute atomic E-state index is 0.369. The average Bonchev–Trinajstić information content (AvgIpc) is 3.34. The second-order valence-electron chi connectivity index (χ2n) is 5.67. The van der Waals surface area contributed by atoms with E-state index in [1.54, 1.807) is 7.11 Å². The summed E-state index contributed by atoms with van der Waals surface area (Å²) in [4.78, 5) is 0. The highest BCUT2D eigenvalue weighted by molar-refractivity contribution is 9.10. The molecule has 2 nitrogen and oxygen atoms in total. The fourth-order valence-corrected chi connectivity index (χ4v) is 3.02. The van der Waals surface area contributed by atoms with Crippen molar-refractivity contribution in [2.24, 2.45) is 5.92 Å². The molecular formula is C18H20BrNO. The third-order valence-corrected chi connectivity index (χ3v) is 5.12. The van der Waals surface area contributed by atoms with Crippen LogP contribution in [0.1, 0.15) is 30.0 Å². The van der Waals surface area contributed by atoms with Gasteiger partial charge in [-0.15, -0.1) is 0 Å².